The molecule has 1 rings (SSSR count). The van der Waals surface area contributed by atoms with Gasteiger partial charge in [0.2, 0.25) is 0 Å². The fraction of sp³-hybridized carbons (Fsp3) is 1.00. The Morgan fingerprint density at radius 1 is 1.12 bits per heavy atom. The lowest BCUT2D eigenvalue weighted by atomic mass is 10.2. The largest absolute Gasteiger partial charge is 0.315 e. The van der Waals surface area contributed by atoms with Crippen LogP contribution in [0, 0.1) is 0 Å². The summed E-state index contributed by atoms with van der Waals surface area (Å²) in [5.41, 5.74) is 0. The van der Waals surface area contributed by atoms with Gasteiger partial charge < -0.3 is 10.2 Å². The first kappa shape index (κ1) is 14.9. The fourth-order valence-corrected chi connectivity index (χ4v) is 2.37. The van der Waals surface area contributed by atoms with Crippen LogP contribution in [0.3, 0.4) is 0 Å². The Labute approximate surface area is 108 Å². The molecule has 1 aliphatic heterocycles. The summed E-state index contributed by atoms with van der Waals surface area (Å²) in [5, 5.41) is 3.56. The maximum Gasteiger partial charge on any atom is 0.0192 e. The molecule has 1 heterocycles. The highest BCUT2D eigenvalue weighted by atomic mass is 15.3. The molecule has 1 saturated heterocycles. The van der Waals surface area contributed by atoms with E-state index >= 15 is 0 Å². The van der Waals surface area contributed by atoms with Gasteiger partial charge in [0.05, 0.1) is 0 Å². The molecule has 0 spiro atoms. The fourth-order valence-electron chi connectivity index (χ4n) is 2.37. The molecule has 102 valence electrons. The Morgan fingerprint density at radius 3 is 2.65 bits per heavy atom. The highest BCUT2D eigenvalue weighted by Gasteiger charge is 2.19. The number of nitrogens with zero attached hydrogens (tertiary/aromatic N) is 2. The van der Waals surface area contributed by atoms with Crippen LogP contribution in [-0.4, -0.2) is 62.2 Å². The van der Waals surface area contributed by atoms with Crippen molar-refractivity contribution in [1.29, 1.82) is 0 Å². The summed E-state index contributed by atoms with van der Waals surface area (Å²) >= 11 is 0. The smallest absolute Gasteiger partial charge is 0.0192 e. The molecule has 3 heteroatoms. The molecule has 0 aliphatic carbocycles. The molecule has 0 aromatic heterocycles. The molecule has 1 unspecified atom stereocenters. The normalized spacial score (nSPS) is 23.1. The van der Waals surface area contributed by atoms with Gasteiger partial charge in [-0.25, -0.2) is 0 Å². The molecule has 0 aromatic carbocycles. The molecule has 0 aromatic rings. The van der Waals surface area contributed by atoms with Gasteiger partial charge in [0.15, 0.2) is 0 Å². The van der Waals surface area contributed by atoms with Crippen LogP contribution in [0.25, 0.3) is 0 Å². The summed E-state index contributed by atoms with van der Waals surface area (Å²) in [6.45, 7) is 11.8. The topological polar surface area (TPSA) is 18.5 Å². The molecule has 0 amide bonds. The van der Waals surface area contributed by atoms with Crippen LogP contribution in [0.4, 0.5) is 0 Å². The molecular weight excluding hydrogens is 210 g/mol. The molecule has 17 heavy (non-hydrogen) atoms. The minimum Gasteiger partial charge on any atom is -0.315 e. The van der Waals surface area contributed by atoms with Gasteiger partial charge in [-0.3, -0.25) is 4.90 Å². The Hall–Kier alpha value is -0.120. The lowest BCUT2D eigenvalue weighted by Crippen LogP contribution is -2.51. The Balaban J connectivity index is 1.92. The van der Waals surface area contributed by atoms with E-state index in [4.69, 9.17) is 0 Å². The van der Waals surface area contributed by atoms with E-state index in [0.717, 1.165) is 6.54 Å². The van der Waals surface area contributed by atoms with Gasteiger partial charge in [-0.2, -0.15) is 0 Å². The molecule has 0 bridgehead atoms. The van der Waals surface area contributed by atoms with Crippen LogP contribution in [-0.2, 0) is 0 Å². The maximum atomic E-state index is 3.56. The van der Waals surface area contributed by atoms with E-state index in [0.29, 0.717) is 6.04 Å². The quantitative estimate of drug-likeness (QED) is 0.654. The van der Waals surface area contributed by atoms with Crippen LogP contribution in [0.2, 0.25) is 0 Å². The van der Waals surface area contributed by atoms with Gasteiger partial charge in [0.25, 0.3) is 0 Å². The van der Waals surface area contributed by atoms with Crippen molar-refractivity contribution in [2.75, 3.05) is 46.3 Å². The van der Waals surface area contributed by atoms with Crippen LogP contribution in [0.1, 0.15) is 39.5 Å². The van der Waals surface area contributed by atoms with Crippen molar-refractivity contribution in [3.63, 3.8) is 0 Å². The average Bonchev–Trinajstić information content (AvgIpc) is 2.32. The second-order valence-corrected chi connectivity index (χ2v) is 5.44. The third kappa shape index (κ3) is 6.39. The Bertz CT molecular complexity index is 184. The van der Waals surface area contributed by atoms with E-state index in [1.54, 1.807) is 0 Å². The van der Waals surface area contributed by atoms with Crippen molar-refractivity contribution >= 4 is 0 Å². The van der Waals surface area contributed by atoms with E-state index in [1.807, 2.05) is 0 Å². The lowest BCUT2D eigenvalue weighted by molar-refractivity contribution is 0.106. The molecule has 1 atom stereocenters. The summed E-state index contributed by atoms with van der Waals surface area (Å²) in [6, 6.07) is 0.716. The minimum absolute atomic E-state index is 0.716. The van der Waals surface area contributed by atoms with Crippen LogP contribution in [0.5, 0.6) is 0 Å². The minimum atomic E-state index is 0.716. The number of hydrogen-bond donors (Lipinski definition) is 1. The van der Waals surface area contributed by atoms with Crippen LogP contribution >= 0.6 is 0 Å². The zero-order valence-corrected chi connectivity index (χ0v) is 12.0. The van der Waals surface area contributed by atoms with E-state index in [1.165, 1.54) is 58.4 Å². The summed E-state index contributed by atoms with van der Waals surface area (Å²) in [6.07, 6.45) is 5.44. The standard InChI is InChI=1S/C14H31N3/c1-4-5-6-7-8-15-9-10-17-12-11-16(3)14(2)13-17/h14-15H,4-13H2,1-3H3. The number of likely N-dealkylation sites (N-methyl/N-ethyl adjacent to an activating group) is 1. The van der Waals surface area contributed by atoms with Gasteiger partial charge >= 0.3 is 0 Å². The first-order chi connectivity index (χ1) is 8.24. The molecule has 1 N–H and O–H groups in total. The average molecular weight is 241 g/mol. The number of unbranched alkanes of at least 4 members (excludes halogenated alkanes) is 3. The van der Waals surface area contributed by atoms with Crippen molar-refractivity contribution in [2.45, 2.75) is 45.6 Å². The third-order valence-electron chi connectivity index (χ3n) is 3.86. The van der Waals surface area contributed by atoms with Crippen LogP contribution < -0.4 is 5.32 Å². The summed E-state index contributed by atoms with van der Waals surface area (Å²) in [4.78, 5) is 5.04. The molecule has 0 radical (unpaired) electrons. The van der Waals surface area contributed by atoms with Gasteiger partial charge in [-0.15, -0.1) is 0 Å². The number of nitrogens with one attached hydrogen (secondary N) is 1. The van der Waals surface area contributed by atoms with E-state index in [9.17, 15) is 0 Å². The van der Waals surface area contributed by atoms with Gasteiger partial charge in [0, 0.05) is 38.8 Å². The summed E-state index contributed by atoms with van der Waals surface area (Å²) in [7, 11) is 2.23. The lowest BCUT2D eigenvalue weighted by Gasteiger charge is -2.37. The number of rotatable bonds is 8. The second-order valence-electron chi connectivity index (χ2n) is 5.44. The van der Waals surface area contributed by atoms with Gasteiger partial charge in [-0.1, -0.05) is 26.2 Å². The Morgan fingerprint density at radius 2 is 1.94 bits per heavy atom. The highest BCUT2D eigenvalue weighted by molar-refractivity contribution is 4.76. The first-order valence-corrected chi connectivity index (χ1v) is 7.37. The van der Waals surface area contributed by atoms with E-state index < -0.39 is 0 Å². The van der Waals surface area contributed by atoms with Crippen molar-refractivity contribution in [2.24, 2.45) is 0 Å². The van der Waals surface area contributed by atoms with Crippen molar-refractivity contribution in [3.05, 3.63) is 0 Å². The zero-order chi connectivity index (χ0) is 12.5. The first-order valence-electron chi connectivity index (χ1n) is 7.37. The number of hydrogen-bond acceptors (Lipinski definition) is 3. The molecule has 1 fully saturated rings. The Kier molecular flexibility index (Phi) is 7.82. The van der Waals surface area contributed by atoms with Crippen molar-refractivity contribution < 1.29 is 0 Å². The molecule has 3 nitrogen and oxygen atoms in total. The zero-order valence-electron chi connectivity index (χ0n) is 12.0. The third-order valence-corrected chi connectivity index (χ3v) is 3.86. The molecule has 1 aliphatic rings. The highest BCUT2D eigenvalue weighted by Crippen LogP contribution is 2.05. The van der Waals surface area contributed by atoms with E-state index in [-0.39, 0.29) is 0 Å². The van der Waals surface area contributed by atoms with Crippen molar-refractivity contribution in [1.82, 2.24) is 15.1 Å². The predicted octanol–water partition coefficient (Wildman–Crippen LogP) is 1.79. The monoisotopic (exact) mass is 241 g/mol. The second kappa shape index (κ2) is 8.90. The van der Waals surface area contributed by atoms with Crippen molar-refractivity contribution in [3.8, 4) is 0 Å². The van der Waals surface area contributed by atoms with E-state index in [2.05, 4.69) is 36.0 Å². The van der Waals surface area contributed by atoms with Gasteiger partial charge in [-0.05, 0) is 26.9 Å². The number of piperazine rings is 1. The molecular formula is C14H31N3. The maximum absolute atomic E-state index is 3.56. The summed E-state index contributed by atoms with van der Waals surface area (Å²) in [5.74, 6) is 0. The van der Waals surface area contributed by atoms with Gasteiger partial charge in [0.1, 0.15) is 0 Å². The predicted molar refractivity (Wildman–Crippen MR) is 75.5 cm³/mol. The SMILES string of the molecule is CCCCCCNCCN1CCN(C)C(C)C1. The molecule has 0 saturated carbocycles. The summed E-state index contributed by atoms with van der Waals surface area (Å²) < 4.78 is 0. The van der Waals surface area contributed by atoms with Crippen LogP contribution in [0.15, 0.2) is 0 Å².